The molecule has 0 radical (unpaired) electrons. The molecule has 0 spiro atoms. The first-order valence-corrected chi connectivity index (χ1v) is 11.2. The van der Waals surface area contributed by atoms with Gasteiger partial charge in [0.25, 0.3) is 0 Å². The standard InChI is InChI=1S/C27H32N2/c1-5-6-7-11-22-23-13-12-18(2)14-25(23)20(4)24(21-9-8-10-21)15-26(22)27-28-16-19(3)17-29-27/h12-14,16-17,20-21,24H,5-6,8-10,15H2,1-4H3. The van der Waals surface area contributed by atoms with Gasteiger partial charge in [-0.15, -0.1) is 0 Å². The quantitative estimate of drug-likeness (QED) is 0.548. The lowest BCUT2D eigenvalue weighted by molar-refractivity contribution is 0.186. The van der Waals surface area contributed by atoms with Crippen LogP contribution in [0.25, 0.3) is 11.1 Å². The molecule has 2 aliphatic rings. The predicted molar refractivity (Wildman–Crippen MR) is 121 cm³/mol. The SMILES string of the molecule is CCCC#CC1=C(c2ncc(C)cn2)CC(C2CCC2)C(C)c2cc(C)ccc21. The molecule has 2 nitrogen and oxygen atoms in total. The largest absolute Gasteiger partial charge is 0.237 e. The van der Waals surface area contributed by atoms with Gasteiger partial charge in [-0.1, -0.05) is 68.7 Å². The van der Waals surface area contributed by atoms with Gasteiger partial charge in [0.15, 0.2) is 5.82 Å². The van der Waals surface area contributed by atoms with Crippen LogP contribution in [-0.4, -0.2) is 9.97 Å². The van der Waals surface area contributed by atoms with E-state index in [0.717, 1.165) is 42.1 Å². The minimum Gasteiger partial charge on any atom is -0.237 e. The molecule has 2 unspecified atom stereocenters. The zero-order valence-electron chi connectivity index (χ0n) is 18.3. The van der Waals surface area contributed by atoms with Crippen LogP contribution in [0.5, 0.6) is 0 Å². The van der Waals surface area contributed by atoms with Crippen LogP contribution in [0.4, 0.5) is 0 Å². The van der Waals surface area contributed by atoms with Gasteiger partial charge in [0.05, 0.1) is 0 Å². The Morgan fingerprint density at radius 3 is 2.48 bits per heavy atom. The minimum atomic E-state index is 0.529. The van der Waals surface area contributed by atoms with E-state index in [1.54, 1.807) is 0 Å². The highest BCUT2D eigenvalue weighted by molar-refractivity contribution is 5.98. The van der Waals surface area contributed by atoms with Crippen LogP contribution in [0.2, 0.25) is 0 Å². The summed E-state index contributed by atoms with van der Waals surface area (Å²) < 4.78 is 0. The number of aromatic nitrogens is 2. The minimum absolute atomic E-state index is 0.529. The number of allylic oxidation sites excluding steroid dienone is 2. The van der Waals surface area contributed by atoms with Crippen molar-refractivity contribution in [1.29, 1.82) is 0 Å². The van der Waals surface area contributed by atoms with E-state index in [9.17, 15) is 0 Å². The summed E-state index contributed by atoms with van der Waals surface area (Å²) >= 11 is 0. The van der Waals surface area contributed by atoms with Gasteiger partial charge < -0.3 is 0 Å². The molecule has 2 aliphatic carbocycles. The van der Waals surface area contributed by atoms with Crippen molar-refractivity contribution < 1.29 is 0 Å². The van der Waals surface area contributed by atoms with Crippen molar-refractivity contribution in [2.45, 2.75) is 72.1 Å². The topological polar surface area (TPSA) is 25.8 Å². The molecular formula is C27H32N2. The summed E-state index contributed by atoms with van der Waals surface area (Å²) in [5.74, 6) is 9.82. The average Bonchev–Trinajstić information content (AvgIpc) is 2.78. The second kappa shape index (κ2) is 8.54. The average molecular weight is 385 g/mol. The third kappa shape index (κ3) is 4.01. The number of rotatable bonds is 3. The summed E-state index contributed by atoms with van der Waals surface area (Å²) in [6, 6.07) is 6.91. The molecule has 150 valence electrons. The van der Waals surface area contributed by atoms with Crippen molar-refractivity contribution in [3.8, 4) is 11.8 Å². The van der Waals surface area contributed by atoms with E-state index < -0.39 is 0 Å². The molecule has 2 heteroatoms. The lowest BCUT2D eigenvalue weighted by Gasteiger charge is -2.37. The number of benzene rings is 1. The van der Waals surface area contributed by atoms with Crippen LogP contribution in [0.3, 0.4) is 0 Å². The van der Waals surface area contributed by atoms with Crippen molar-refractivity contribution in [2.24, 2.45) is 11.8 Å². The summed E-state index contributed by atoms with van der Waals surface area (Å²) in [6.07, 6.45) is 11.0. The van der Waals surface area contributed by atoms with Crippen LogP contribution < -0.4 is 0 Å². The molecular weight excluding hydrogens is 352 g/mol. The van der Waals surface area contributed by atoms with E-state index in [4.69, 9.17) is 9.97 Å². The Morgan fingerprint density at radius 1 is 1.07 bits per heavy atom. The van der Waals surface area contributed by atoms with Crippen LogP contribution in [0.15, 0.2) is 30.6 Å². The molecule has 2 atom stereocenters. The molecule has 1 aromatic heterocycles. The van der Waals surface area contributed by atoms with Crippen molar-refractivity contribution in [2.75, 3.05) is 0 Å². The fraction of sp³-hybridized carbons (Fsp3) is 0.481. The molecule has 1 fully saturated rings. The molecule has 0 aliphatic heterocycles. The van der Waals surface area contributed by atoms with Crippen molar-refractivity contribution in [1.82, 2.24) is 9.97 Å². The number of hydrogen-bond acceptors (Lipinski definition) is 2. The van der Waals surface area contributed by atoms with Gasteiger partial charge in [0.1, 0.15) is 0 Å². The van der Waals surface area contributed by atoms with Crippen molar-refractivity contribution >= 4 is 11.1 Å². The molecule has 1 aromatic carbocycles. The van der Waals surface area contributed by atoms with E-state index in [2.05, 4.69) is 50.8 Å². The van der Waals surface area contributed by atoms with E-state index in [1.165, 1.54) is 41.5 Å². The Labute approximate surface area is 175 Å². The highest BCUT2D eigenvalue weighted by Gasteiger charge is 2.37. The monoisotopic (exact) mass is 384 g/mol. The number of hydrogen-bond donors (Lipinski definition) is 0. The zero-order chi connectivity index (χ0) is 20.4. The van der Waals surface area contributed by atoms with Gasteiger partial charge in [-0.25, -0.2) is 9.97 Å². The number of aryl methyl sites for hydroxylation is 2. The van der Waals surface area contributed by atoms with Crippen LogP contribution in [0.1, 0.15) is 86.4 Å². The third-order valence-electron chi connectivity index (χ3n) is 6.75. The lowest BCUT2D eigenvalue weighted by atomic mass is 9.67. The fourth-order valence-electron chi connectivity index (χ4n) is 4.81. The second-order valence-electron chi connectivity index (χ2n) is 8.93. The molecule has 0 N–H and O–H groups in total. The van der Waals surface area contributed by atoms with Gasteiger partial charge in [0.2, 0.25) is 0 Å². The van der Waals surface area contributed by atoms with Crippen molar-refractivity contribution in [3.63, 3.8) is 0 Å². The van der Waals surface area contributed by atoms with Crippen LogP contribution in [0, 0.1) is 37.5 Å². The highest BCUT2D eigenvalue weighted by Crippen LogP contribution is 2.50. The maximum atomic E-state index is 4.74. The molecule has 0 amide bonds. The van der Waals surface area contributed by atoms with Gasteiger partial charge in [-0.05, 0) is 61.1 Å². The maximum Gasteiger partial charge on any atom is 0.156 e. The van der Waals surface area contributed by atoms with E-state index in [0.29, 0.717) is 11.8 Å². The summed E-state index contributed by atoms with van der Waals surface area (Å²) in [7, 11) is 0. The molecule has 1 heterocycles. The molecule has 1 saturated carbocycles. The zero-order valence-corrected chi connectivity index (χ0v) is 18.3. The molecule has 0 bridgehead atoms. The summed E-state index contributed by atoms with van der Waals surface area (Å²) in [6.45, 7) is 8.86. The first-order chi connectivity index (χ1) is 14.1. The fourth-order valence-corrected chi connectivity index (χ4v) is 4.81. The van der Waals surface area contributed by atoms with Gasteiger partial charge >= 0.3 is 0 Å². The van der Waals surface area contributed by atoms with E-state index in [-0.39, 0.29) is 0 Å². The molecule has 0 saturated heterocycles. The predicted octanol–water partition coefficient (Wildman–Crippen LogP) is 6.73. The Hall–Kier alpha value is -2.40. The Bertz CT molecular complexity index is 968. The smallest absolute Gasteiger partial charge is 0.156 e. The van der Waals surface area contributed by atoms with Crippen LogP contribution >= 0.6 is 0 Å². The lowest BCUT2D eigenvalue weighted by Crippen LogP contribution is -2.26. The van der Waals surface area contributed by atoms with Gasteiger partial charge in [-0.2, -0.15) is 0 Å². The van der Waals surface area contributed by atoms with Crippen molar-refractivity contribution in [3.05, 3.63) is 58.7 Å². The Balaban J connectivity index is 1.93. The van der Waals surface area contributed by atoms with E-state index >= 15 is 0 Å². The third-order valence-corrected chi connectivity index (χ3v) is 6.75. The highest BCUT2D eigenvalue weighted by atomic mass is 14.9. The molecule has 29 heavy (non-hydrogen) atoms. The number of nitrogens with zero attached hydrogens (tertiary/aromatic N) is 2. The first kappa shape index (κ1) is 19.9. The number of unbranched alkanes of at least 4 members (excludes halogenated alkanes) is 1. The normalized spacial score (nSPS) is 21.7. The Kier molecular flexibility index (Phi) is 5.86. The molecule has 2 aromatic rings. The molecule has 4 rings (SSSR count). The maximum absolute atomic E-state index is 4.74. The first-order valence-electron chi connectivity index (χ1n) is 11.2. The summed E-state index contributed by atoms with van der Waals surface area (Å²) in [5.41, 5.74) is 7.60. The van der Waals surface area contributed by atoms with E-state index in [1.807, 2.05) is 19.3 Å². The second-order valence-corrected chi connectivity index (χ2v) is 8.93. The number of fused-ring (bicyclic) bond motifs is 1. The van der Waals surface area contributed by atoms with Crippen LogP contribution in [-0.2, 0) is 0 Å². The summed E-state index contributed by atoms with van der Waals surface area (Å²) in [4.78, 5) is 9.48. The van der Waals surface area contributed by atoms with Gasteiger partial charge in [-0.3, -0.25) is 0 Å². The van der Waals surface area contributed by atoms with Gasteiger partial charge in [0, 0.05) is 30.0 Å². The Morgan fingerprint density at radius 2 is 1.83 bits per heavy atom. The summed E-state index contributed by atoms with van der Waals surface area (Å²) in [5, 5.41) is 0.